The van der Waals surface area contributed by atoms with E-state index < -0.39 is 4.92 Å². The van der Waals surface area contributed by atoms with Crippen molar-refractivity contribution in [1.82, 2.24) is 9.38 Å². The van der Waals surface area contributed by atoms with Gasteiger partial charge in [-0.25, -0.2) is 4.98 Å². The minimum Gasteiger partial charge on any atom is -0.391 e. The molecule has 0 saturated carbocycles. The molecule has 3 aromatic heterocycles. The van der Waals surface area contributed by atoms with Crippen LogP contribution >= 0.6 is 11.3 Å². The van der Waals surface area contributed by atoms with Crippen LogP contribution in [0.5, 0.6) is 0 Å². The van der Waals surface area contributed by atoms with Gasteiger partial charge in [-0.15, -0.1) is 11.3 Å². The highest BCUT2D eigenvalue weighted by Gasteiger charge is 2.09. The molecular weight excluding hydrogens is 338 g/mol. The molecule has 4 aromatic rings. The van der Waals surface area contributed by atoms with Crippen molar-refractivity contribution >= 4 is 22.7 Å². The number of non-ortho nitro benzene ring substituents is 1. The molecule has 0 fully saturated rings. The van der Waals surface area contributed by atoms with E-state index in [4.69, 9.17) is 0 Å². The van der Waals surface area contributed by atoms with Crippen molar-refractivity contribution in [3.05, 3.63) is 75.2 Å². The van der Waals surface area contributed by atoms with Crippen LogP contribution in [0.3, 0.4) is 0 Å². The summed E-state index contributed by atoms with van der Waals surface area (Å²) in [5.74, 6) is 0. The van der Waals surface area contributed by atoms with E-state index in [9.17, 15) is 15.2 Å². The van der Waals surface area contributed by atoms with E-state index in [2.05, 4.69) is 4.98 Å². The number of aliphatic hydroxyl groups is 1. The van der Waals surface area contributed by atoms with Crippen molar-refractivity contribution in [2.75, 3.05) is 0 Å². The molecule has 1 aromatic carbocycles. The summed E-state index contributed by atoms with van der Waals surface area (Å²) in [4.78, 5) is 15.8. The van der Waals surface area contributed by atoms with Crippen LogP contribution in [0.4, 0.5) is 5.69 Å². The molecule has 7 heteroatoms. The largest absolute Gasteiger partial charge is 0.391 e. The Morgan fingerprint density at radius 3 is 2.52 bits per heavy atom. The van der Waals surface area contributed by atoms with E-state index in [0.29, 0.717) is 0 Å². The molecule has 0 aliphatic rings. The molecule has 25 heavy (non-hydrogen) atoms. The second-order valence-corrected chi connectivity index (χ2v) is 6.57. The van der Waals surface area contributed by atoms with Crippen LogP contribution < -0.4 is 0 Å². The van der Waals surface area contributed by atoms with Gasteiger partial charge in [-0.2, -0.15) is 0 Å². The van der Waals surface area contributed by atoms with Gasteiger partial charge in [0.2, 0.25) is 0 Å². The number of nitro groups is 1. The fourth-order valence-corrected chi connectivity index (χ4v) is 3.42. The average Bonchev–Trinajstić information content (AvgIpc) is 3.27. The molecule has 0 unspecified atom stereocenters. The highest BCUT2D eigenvalue weighted by atomic mass is 32.1. The summed E-state index contributed by atoms with van der Waals surface area (Å²) < 4.78 is 1.93. The maximum absolute atomic E-state index is 10.8. The minimum absolute atomic E-state index is 0.0439. The Balaban J connectivity index is 1.71. The van der Waals surface area contributed by atoms with E-state index in [-0.39, 0.29) is 12.3 Å². The number of aromatic nitrogens is 2. The van der Waals surface area contributed by atoms with Gasteiger partial charge in [-0.3, -0.25) is 10.1 Å². The maximum Gasteiger partial charge on any atom is 0.269 e. The first-order valence-electron chi connectivity index (χ1n) is 7.56. The Morgan fingerprint density at radius 2 is 1.84 bits per heavy atom. The summed E-state index contributed by atoms with van der Waals surface area (Å²) >= 11 is 1.53. The zero-order valence-corrected chi connectivity index (χ0v) is 13.8. The number of fused-ring (bicyclic) bond motifs is 1. The number of rotatable bonds is 4. The number of thiophene rings is 1. The summed E-state index contributed by atoms with van der Waals surface area (Å²) in [5.41, 5.74) is 4.54. The summed E-state index contributed by atoms with van der Waals surface area (Å²) in [7, 11) is 0. The maximum atomic E-state index is 10.8. The Labute approximate surface area is 146 Å². The number of hydrogen-bond acceptors (Lipinski definition) is 5. The van der Waals surface area contributed by atoms with Crippen LogP contribution in [0.2, 0.25) is 0 Å². The predicted molar refractivity (Wildman–Crippen MR) is 96.5 cm³/mol. The highest BCUT2D eigenvalue weighted by Crippen LogP contribution is 2.27. The van der Waals surface area contributed by atoms with Gasteiger partial charge < -0.3 is 9.51 Å². The molecule has 3 heterocycles. The summed E-state index contributed by atoms with van der Waals surface area (Å²) in [5, 5.41) is 22.0. The normalized spacial score (nSPS) is 11.1. The van der Waals surface area contributed by atoms with Gasteiger partial charge in [0.15, 0.2) is 0 Å². The first-order chi connectivity index (χ1) is 12.1. The van der Waals surface area contributed by atoms with Crippen LogP contribution in [0, 0.1) is 10.1 Å². The smallest absolute Gasteiger partial charge is 0.269 e. The van der Waals surface area contributed by atoms with Gasteiger partial charge in [0, 0.05) is 35.0 Å². The topological polar surface area (TPSA) is 80.7 Å². The second-order valence-electron chi connectivity index (χ2n) is 5.57. The Morgan fingerprint density at radius 1 is 1.08 bits per heavy atom. The van der Waals surface area contributed by atoms with Crippen LogP contribution in [0.25, 0.3) is 28.0 Å². The molecule has 124 valence electrons. The third-order valence-electron chi connectivity index (χ3n) is 3.97. The van der Waals surface area contributed by atoms with Crippen molar-refractivity contribution in [2.45, 2.75) is 6.61 Å². The standard InChI is InChI=1S/C18H13N3O3S/c22-10-16-7-14(11-25-16)13-3-6-18-19-17(9-20(18)8-13)12-1-4-15(5-2-12)21(23)24/h1-9,11,22H,10H2. The van der Waals surface area contributed by atoms with Gasteiger partial charge in [0.05, 0.1) is 17.2 Å². The molecule has 0 aliphatic heterocycles. The highest BCUT2D eigenvalue weighted by molar-refractivity contribution is 7.10. The number of imidazole rings is 1. The van der Waals surface area contributed by atoms with E-state index in [1.165, 1.54) is 23.5 Å². The minimum atomic E-state index is -0.415. The van der Waals surface area contributed by atoms with E-state index in [1.807, 2.05) is 40.4 Å². The van der Waals surface area contributed by atoms with Gasteiger partial charge >= 0.3 is 0 Å². The number of hydrogen-bond donors (Lipinski definition) is 1. The quantitative estimate of drug-likeness (QED) is 0.443. The number of nitrogens with zero attached hydrogens (tertiary/aromatic N) is 3. The van der Waals surface area contributed by atoms with Crippen LogP contribution in [-0.2, 0) is 6.61 Å². The van der Waals surface area contributed by atoms with Gasteiger partial charge in [0.1, 0.15) is 5.65 Å². The van der Waals surface area contributed by atoms with Crippen molar-refractivity contribution < 1.29 is 10.0 Å². The van der Waals surface area contributed by atoms with Gasteiger partial charge in [-0.1, -0.05) is 0 Å². The van der Waals surface area contributed by atoms with Gasteiger partial charge in [-0.05, 0) is 46.8 Å². The summed E-state index contributed by atoms with van der Waals surface area (Å²) in [6, 6.07) is 12.3. The lowest BCUT2D eigenvalue weighted by Crippen LogP contribution is -1.87. The number of nitro benzene ring substituents is 1. The van der Waals surface area contributed by atoms with Crippen LogP contribution in [0.15, 0.2) is 60.2 Å². The third-order valence-corrected chi connectivity index (χ3v) is 4.89. The van der Waals surface area contributed by atoms with E-state index in [1.54, 1.807) is 12.1 Å². The molecular formula is C18H13N3O3S. The van der Waals surface area contributed by atoms with Crippen LogP contribution in [0.1, 0.15) is 4.88 Å². The van der Waals surface area contributed by atoms with Crippen LogP contribution in [-0.4, -0.2) is 19.4 Å². The molecule has 0 atom stereocenters. The zero-order valence-electron chi connectivity index (χ0n) is 13.0. The van der Waals surface area contributed by atoms with Crippen molar-refractivity contribution in [3.8, 4) is 22.4 Å². The predicted octanol–water partition coefficient (Wildman–Crippen LogP) is 4.13. The van der Waals surface area contributed by atoms with Crippen molar-refractivity contribution in [2.24, 2.45) is 0 Å². The lowest BCUT2D eigenvalue weighted by Gasteiger charge is -1.99. The fourth-order valence-electron chi connectivity index (χ4n) is 2.67. The van der Waals surface area contributed by atoms with Crippen molar-refractivity contribution in [1.29, 1.82) is 0 Å². The fraction of sp³-hybridized carbons (Fsp3) is 0.0556. The molecule has 0 saturated heterocycles. The molecule has 1 N–H and O–H groups in total. The molecule has 0 amide bonds. The summed E-state index contributed by atoms with van der Waals surface area (Å²) in [6.45, 7) is 0.0439. The molecule has 0 aliphatic carbocycles. The SMILES string of the molecule is O=[N+]([O-])c1ccc(-c2cn3cc(-c4csc(CO)c4)ccc3n2)cc1. The lowest BCUT2D eigenvalue weighted by atomic mass is 10.1. The first kappa shape index (κ1) is 15.5. The molecule has 0 bridgehead atoms. The Kier molecular flexibility index (Phi) is 3.79. The van der Waals surface area contributed by atoms with Crippen molar-refractivity contribution in [3.63, 3.8) is 0 Å². The number of benzene rings is 1. The monoisotopic (exact) mass is 351 g/mol. The Bertz CT molecular complexity index is 1070. The van der Waals surface area contributed by atoms with Gasteiger partial charge in [0.25, 0.3) is 5.69 Å². The molecule has 0 radical (unpaired) electrons. The zero-order chi connectivity index (χ0) is 17.4. The molecule has 4 rings (SSSR count). The first-order valence-corrected chi connectivity index (χ1v) is 8.44. The second kappa shape index (κ2) is 6.12. The molecule has 6 nitrogen and oxygen atoms in total. The Hall–Kier alpha value is -3.03. The average molecular weight is 351 g/mol. The number of aliphatic hydroxyl groups excluding tert-OH is 1. The number of pyridine rings is 1. The summed E-state index contributed by atoms with van der Waals surface area (Å²) in [6.07, 6.45) is 3.89. The third kappa shape index (κ3) is 2.90. The molecule has 0 spiro atoms. The van der Waals surface area contributed by atoms with E-state index >= 15 is 0 Å². The van der Waals surface area contributed by atoms with E-state index in [0.717, 1.165) is 32.9 Å². The lowest BCUT2D eigenvalue weighted by molar-refractivity contribution is -0.384.